The first kappa shape index (κ1) is 43.6. The summed E-state index contributed by atoms with van der Waals surface area (Å²) in [5.74, 6) is 1.04. The zero-order valence-electron chi connectivity index (χ0n) is 36.8. The molecule has 5 aliphatic rings. The summed E-state index contributed by atoms with van der Waals surface area (Å²) >= 11 is 0. The predicted octanol–water partition coefficient (Wildman–Crippen LogP) is 13.8. The molecule has 53 heavy (non-hydrogen) atoms. The zero-order chi connectivity index (χ0) is 39.8. The molecule has 1 heterocycles. The van der Waals surface area contributed by atoms with E-state index in [2.05, 4.69) is 114 Å². The van der Waals surface area contributed by atoms with E-state index in [0.29, 0.717) is 29.1 Å². The Bertz CT molecular complexity index is 1570. The standard InChI is InChI=1S/C19H28O2.C16H26O.C14H24O/c1-13-12-20-19(6,21-13)14-7-8-15-16(11-14)18(4,5)10-9-17(15,2)3;1-11-9-13-7-6-8-15(3,4)14(13)10-16(11,5)12(2)17;1-5-12(10-15)7-9-13-8-6-11(2)14(13,3)4/h7-8,11,13H,9-10,12H2,1-6H3;11H,6-10H2,1-5H3;6,10,13,15H,5,7-9H2,1-4H3/b;;12-10+/t;;13-/m..0/s1. The minimum atomic E-state index is -0.591. The van der Waals surface area contributed by atoms with Crippen LogP contribution in [0.2, 0.25) is 0 Å². The molecule has 1 aliphatic heterocycles. The van der Waals surface area contributed by atoms with Gasteiger partial charge < -0.3 is 14.6 Å². The van der Waals surface area contributed by atoms with Crippen molar-refractivity contribution >= 4 is 5.78 Å². The van der Waals surface area contributed by atoms with Gasteiger partial charge in [0.2, 0.25) is 0 Å². The molecule has 0 saturated carbocycles. The van der Waals surface area contributed by atoms with Crippen LogP contribution in [0.5, 0.6) is 0 Å². The van der Waals surface area contributed by atoms with Crippen LogP contribution in [0.3, 0.4) is 0 Å². The quantitative estimate of drug-likeness (QED) is 0.234. The Balaban J connectivity index is 0.000000181. The van der Waals surface area contributed by atoms with Gasteiger partial charge in [0.05, 0.1) is 19.0 Å². The van der Waals surface area contributed by atoms with Crippen molar-refractivity contribution in [3.05, 3.63) is 69.5 Å². The lowest BCUT2D eigenvalue weighted by atomic mass is 9.57. The summed E-state index contributed by atoms with van der Waals surface area (Å²) in [5.41, 5.74) is 11.1. The molecule has 0 radical (unpaired) electrons. The van der Waals surface area contributed by atoms with Crippen molar-refractivity contribution < 1.29 is 19.4 Å². The van der Waals surface area contributed by atoms with E-state index in [1.54, 1.807) is 18.1 Å². The van der Waals surface area contributed by atoms with Gasteiger partial charge in [0.25, 0.3) is 0 Å². The average Bonchev–Trinajstić information content (AvgIpc) is 3.57. The van der Waals surface area contributed by atoms with Gasteiger partial charge in [-0.25, -0.2) is 0 Å². The van der Waals surface area contributed by atoms with Gasteiger partial charge >= 0.3 is 0 Å². The zero-order valence-corrected chi connectivity index (χ0v) is 36.8. The monoisotopic (exact) mass is 731 g/mol. The molecule has 0 spiro atoms. The summed E-state index contributed by atoms with van der Waals surface area (Å²) in [4.78, 5) is 12.0. The Morgan fingerprint density at radius 1 is 0.925 bits per heavy atom. The minimum absolute atomic E-state index is 0.118. The van der Waals surface area contributed by atoms with E-state index in [4.69, 9.17) is 14.6 Å². The Morgan fingerprint density at radius 3 is 2.09 bits per heavy atom. The second-order valence-electron chi connectivity index (χ2n) is 20.5. The van der Waals surface area contributed by atoms with Crippen LogP contribution < -0.4 is 0 Å². The van der Waals surface area contributed by atoms with E-state index >= 15 is 0 Å². The molecule has 1 aromatic rings. The SMILES string of the molecule is CC(=O)C1(C)CC2=C(CCCC2(C)C)CC1C.CC/C(=C\O)CC[C@@H]1CC=C(C)C1(C)C.CC1COC(C)(c2ccc3c(c2)C(C)(C)CCC3(C)C)O1. The largest absolute Gasteiger partial charge is 0.516 e. The molecule has 0 bridgehead atoms. The lowest BCUT2D eigenvalue weighted by molar-refractivity contribution is -0.159. The summed E-state index contributed by atoms with van der Waals surface area (Å²) in [6, 6.07) is 6.82. The van der Waals surface area contributed by atoms with E-state index in [0.717, 1.165) is 37.2 Å². The van der Waals surface area contributed by atoms with Gasteiger partial charge in [-0.3, -0.25) is 4.79 Å². The number of carbonyl (C=O) groups is 1. The fraction of sp³-hybridized carbons (Fsp3) is 0.735. The van der Waals surface area contributed by atoms with Crippen molar-refractivity contribution in [2.24, 2.45) is 28.1 Å². The number of aliphatic hydroxyl groups excluding tert-OH is 1. The van der Waals surface area contributed by atoms with Crippen LogP contribution in [0.1, 0.15) is 191 Å². The smallest absolute Gasteiger partial charge is 0.192 e. The highest BCUT2D eigenvalue weighted by Crippen LogP contribution is 2.54. The van der Waals surface area contributed by atoms with Gasteiger partial charge in [0, 0.05) is 11.0 Å². The van der Waals surface area contributed by atoms with Crippen LogP contribution in [-0.4, -0.2) is 23.6 Å². The third kappa shape index (κ3) is 9.28. The Kier molecular flexibility index (Phi) is 13.3. The molecule has 4 nitrogen and oxygen atoms in total. The van der Waals surface area contributed by atoms with E-state index in [1.165, 1.54) is 73.5 Å². The molecule has 0 amide bonds. The van der Waals surface area contributed by atoms with Crippen molar-refractivity contribution in [3.63, 3.8) is 0 Å². The van der Waals surface area contributed by atoms with Crippen molar-refractivity contribution in [2.45, 2.75) is 197 Å². The fourth-order valence-electron chi connectivity index (χ4n) is 9.84. The first-order chi connectivity index (χ1) is 24.4. The van der Waals surface area contributed by atoms with E-state index < -0.39 is 5.79 Å². The number of aliphatic hydroxyl groups is 1. The average molecular weight is 731 g/mol. The molecule has 6 rings (SSSR count). The van der Waals surface area contributed by atoms with Crippen LogP contribution >= 0.6 is 0 Å². The van der Waals surface area contributed by atoms with Crippen molar-refractivity contribution in [2.75, 3.05) is 6.61 Å². The fourth-order valence-corrected chi connectivity index (χ4v) is 9.84. The highest BCUT2D eigenvalue weighted by Gasteiger charge is 2.45. The summed E-state index contributed by atoms with van der Waals surface area (Å²) in [5, 5.41) is 9.01. The summed E-state index contributed by atoms with van der Waals surface area (Å²) in [6.07, 6.45) is 16.8. The van der Waals surface area contributed by atoms with Gasteiger partial charge in [-0.2, -0.15) is 0 Å². The number of ketones is 1. The minimum Gasteiger partial charge on any atom is -0.516 e. The molecule has 298 valence electrons. The van der Waals surface area contributed by atoms with Gasteiger partial charge in [-0.1, -0.05) is 111 Å². The van der Waals surface area contributed by atoms with Crippen LogP contribution in [0.15, 0.2) is 52.8 Å². The lowest BCUT2D eigenvalue weighted by Crippen LogP contribution is -2.40. The topological polar surface area (TPSA) is 55.8 Å². The van der Waals surface area contributed by atoms with Crippen molar-refractivity contribution in [1.29, 1.82) is 0 Å². The normalized spacial score (nSPS) is 32.3. The first-order valence-electron chi connectivity index (χ1n) is 21.1. The molecule has 0 aromatic heterocycles. The second-order valence-corrected chi connectivity index (χ2v) is 20.5. The second kappa shape index (κ2) is 16.1. The number of Topliss-reactive ketones (excluding diaryl/α,β-unsaturated/α-hetero) is 1. The highest BCUT2D eigenvalue weighted by molar-refractivity contribution is 5.83. The maximum absolute atomic E-state index is 12.0. The molecular formula is C49H78O4. The third-order valence-corrected chi connectivity index (χ3v) is 15.1. The number of fused-ring (bicyclic) bond motifs is 1. The maximum atomic E-state index is 12.0. The Labute approximate surface area is 325 Å². The molecule has 1 fully saturated rings. The number of rotatable bonds is 6. The number of benzene rings is 1. The highest BCUT2D eigenvalue weighted by atomic mass is 16.7. The molecule has 1 aromatic carbocycles. The summed E-state index contributed by atoms with van der Waals surface area (Å²) < 4.78 is 12.0. The lowest BCUT2D eigenvalue weighted by Gasteiger charge is -2.47. The molecule has 4 heteroatoms. The van der Waals surface area contributed by atoms with Gasteiger partial charge in [-0.05, 0) is 155 Å². The van der Waals surface area contributed by atoms with Crippen molar-refractivity contribution in [1.82, 2.24) is 0 Å². The molecular weight excluding hydrogens is 653 g/mol. The summed E-state index contributed by atoms with van der Waals surface area (Å²) in [7, 11) is 0. The van der Waals surface area contributed by atoms with E-state index in [9.17, 15) is 4.79 Å². The van der Waals surface area contributed by atoms with Crippen molar-refractivity contribution in [3.8, 4) is 0 Å². The molecule has 1 saturated heterocycles. The Morgan fingerprint density at radius 2 is 1.57 bits per heavy atom. The number of hydrogen-bond acceptors (Lipinski definition) is 4. The van der Waals surface area contributed by atoms with Gasteiger partial charge in [0.1, 0.15) is 5.78 Å². The van der Waals surface area contributed by atoms with Crippen LogP contribution in [0.25, 0.3) is 0 Å². The number of carbonyl (C=O) groups excluding carboxylic acids is 1. The van der Waals surface area contributed by atoms with E-state index in [1.807, 2.05) is 6.92 Å². The number of hydrogen-bond donors (Lipinski definition) is 1. The third-order valence-electron chi connectivity index (χ3n) is 15.1. The predicted molar refractivity (Wildman–Crippen MR) is 223 cm³/mol. The van der Waals surface area contributed by atoms with Crippen LogP contribution in [0, 0.1) is 28.1 Å². The van der Waals surface area contributed by atoms with E-state index in [-0.39, 0.29) is 22.3 Å². The number of allylic oxidation sites excluding steroid dienone is 5. The molecule has 4 aliphatic carbocycles. The van der Waals surface area contributed by atoms with Crippen LogP contribution in [-0.2, 0) is 30.9 Å². The Hall–Kier alpha value is -2.17. The summed E-state index contributed by atoms with van der Waals surface area (Å²) in [6.45, 7) is 34.1. The number of ether oxygens (including phenoxy) is 2. The molecule has 1 N–H and O–H groups in total. The van der Waals surface area contributed by atoms with Gasteiger partial charge in [0.15, 0.2) is 5.79 Å². The van der Waals surface area contributed by atoms with Gasteiger partial charge in [-0.15, -0.1) is 0 Å². The van der Waals surface area contributed by atoms with Crippen LogP contribution in [0.4, 0.5) is 0 Å². The first-order valence-corrected chi connectivity index (χ1v) is 21.1. The molecule has 5 atom stereocenters. The molecule has 4 unspecified atom stereocenters. The maximum Gasteiger partial charge on any atom is 0.192 e.